The lowest BCUT2D eigenvalue weighted by molar-refractivity contribution is -0.134. The summed E-state index contributed by atoms with van der Waals surface area (Å²) in [5.41, 5.74) is 9.75. The van der Waals surface area contributed by atoms with Gasteiger partial charge in [-0.3, -0.25) is 10.2 Å². The number of benzene rings is 2. The summed E-state index contributed by atoms with van der Waals surface area (Å²) in [5.74, 6) is -1.00. The van der Waals surface area contributed by atoms with Gasteiger partial charge in [0.1, 0.15) is 12.4 Å². The van der Waals surface area contributed by atoms with Gasteiger partial charge in [-0.25, -0.2) is 0 Å². The zero-order chi connectivity index (χ0) is 16.8. The number of carboxylic acid groups (broad SMARTS) is 1. The van der Waals surface area contributed by atoms with Crippen LogP contribution in [0.25, 0.3) is 0 Å². The number of nitrogens with two attached hydrogens (primary N) is 1. The van der Waals surface area contributed by atoms with Crippen molar-refractivity contribution in [1.29, 1.82) is 5.41 Å². The van der Waals surface area contributed by atoms with E-state index in [2.05, 4.69) is 10.6 Å². The fourth-order valence-corrected chi connectivity index (χ4v) is 2.19. The molecule has 23 heavy (non-hydrogen) atoms. The molecule has 0 saturated heterocycles. The van der Waals surface area contributed by atoms with E-state index in [1.807, 2.05) is 37.3 Å². The summed E-state index contributed by atoms with van der Waals surface area (Å²) in [7, 11) is 0. The molecule has 0 spiro atoms. The number of carboxylic acids is 1. The Labute approximate surface area is 134 Å². The first-order valence-electron chi connectivity index (χ1n) is 7.19. The normalized spacial score (nSPS) is 10.1. The van der Waals surface area contributed by atoms with Crippen molar-refractivity contribution in [2.24, 2.45) is 5.73 Å². The van der Waals surface area contributed by atoms with E-state index in [4.69, 9.17) is 16.2 Å². The SMILES string of the molecule is Cc1cccc(NCc2ccc(C(=N)N)cc2NCC(=O)O)c1. The molecule has 0 aliphatic rings. The highest BCUT2D eigenvalue weighted by atomic mass is 16.4. The summed E-state index contributed by atoms with van der Waals surface area (Å²) in [6.45, 7) is 2.36. The van der Waals surface area contributed by atoms with E-state index in [0.717, 1.165) is 16.8 Å². The smallest absolute Gasteiger partial charge is 0.322 e. The van der Waals surface area contributed by atoms with E-state index in [9.17, 15) is 4.79 Å². The third-order valence-corrected chi connectivity index (χ3v) is 3.35. The van der Waals surface area contributed by atoms with E-state index >= 15 is 0 Å². The predicted octanol–water partition coefficient (Wildman–Crippen LogP) is 2.39. The summed E-state index contributed by atoms with van der Waals surface area (Å²) in [6.07, 6.45) is 0. The molecule has 120 valence electrons. The van der Waals surface area contributed by atoms with Crippen LogP contribution in [-0.2, 0) is 11.3 Å². The summed E-state index contributed by atoms with van der Waals surface area (Å²) < 4.78 is 0. The van der Waals surface area contributed by atoms with Gasteiger partial charge in [0, 0.05) is 23.5 Å². The van der Waals surface area contributed by atoms with Gasteiger partial charge in [0.15, 0.2) is 0 Å². The van der Waals surface area contributed by atoms with Gasteiger partial charge in [-0.1, -0.05) is 24.3 Å². The van der Waals surface area contributed by atoms with Crippen molar-refractivity contribution in [1.82, 2.24) is 0 Å². The van der Waals surface area contributed by atoms with Gasteiger partial charge in [0.05, 0.1) is 0 Å². The van der Waals surface area contributed by atoms with Crippen LogP contribution >= 0.6 is 0 Å². The number of hydrogen-bond acceptors (Lipinski definition) is 4. The summed E-state index contributed by atoms with van der Waals surface area (Å²) >= 11 is 0. The molecule has 2 aromatic carbocycles. The predicted molar refractivity (Wildman–Crippen MR) is 92.1 cm³/mol. The quantitative estimate of drug-likeness (QED) is 0.398. The number of amidine groups is 1. The van der Waals surface area contributed by atoms with Gasteiger partial charge in [-0.05, 0) is 36.2 Å². The molecule has 0 amide bonds. The average Bonchev–Trinajstić information content (AvgIpc) is 2.51. The Morgan fingerprint density at radius 3 is 2.65 bits per heavy atom. The minimum absolute atomic E-state index is 0.0541. The van der Waals surface area contributed by atoms with E-state index in [-0.39, 0.29) is 12.4 Å². The second-order valence-electron chi connectivity index (χ2n) is 5.26. The second-order valence-corrected chi connectivity index (χ2v) is 5.26. The Kier molecular flexibility index (Phi) is 5.19. The Bertz CT molecular complexity index is 728. The van der Waals surface area contributed by atoms with E-state index < -0.39 is 5.97 Å². The molecule has 0 aromatic heterocycles. The maximum Gasteiger partial charge on any atom is 0.322 e. The van der Waals surface area contributed by atoms with Crippen LogP contribution in [0.2, 0.25) is 0 Å². The number of nitrogens with one attached hydrogen (secondary N) is 3. The maximum absolute atomic E-state index is 10.8. The van der Waals surface area contributed by atoms with Gasteiger partial charge >= 0.3 is 5.97 Å². The Balaban J connectivity index is 2.18. The number of anilines is 2. The molecule has 0 saturated carbocycles. The largest absolute Gasteiger partial charge is 0.480 e. The van der Waals surface area contributed by atoms with E-state index in [0.29, 0.717) is 17.8 Å². The first-order valence-corrected chi connectivity index (χ1v) is 7.19. The van der Waals surface area contributed by atoms with Gasteiger partial charge in [-0.2, -0.15) is 0 Å². The maximum atomic E-state index is 10.8. The van der Waals surface area contributed by atoms with Crippen LogP contribution in [0.1, 0.15) is 16.7 Å². The highest BCUT2D eigenvalue weighted by molar-refractivity contribution is 5.96. The van der Waals surface area contributed by atoms with Crippen molar-refractivity contribution in [3.8, 4) is 0 Å². The van der Waals surface area contributed by atoms with Crippen molar-refractivity contribution >= 4 is 23.2 Å². The molecular weight excluding hydrogens is 292 g/mol. The van der Waals surface area contributed by atoms with Crippen molar-refractivity contribution in [3.63, 3.8) is 0 Å². The monoisotopic (exact) mass is 312 g/mol. The molecule has 0 radical (unpaired) electrons. The summed E-state index contributed by atoms with van der Waals surface area (Å²) in [5, 5.41) is 22.5. The molecule has 0 bridgehead atoms. The lowest BCUT2D eigenvalue weighted by atomic mass is 10.1. The molecule has 2 rings (SSSR count). The Hall–Kier alpha value is -3.02. The standard InChI is InChI=1S/C17H20N4O2/c1-11-3-2-4-14(7-11)20-9-13-6-5-12(17(18)19)8-15(13)21-10-16(22)23/h2-8,20-21H,9-10H2,1H3,(H3,18,19)(H,22,23). The number of hydrogen-bond donors (Lipinski definition) is 5. The number of aryl methyl sites for hydroxylation is 1. The fourth-order valence-electron chi connectivity index (χ4n) is 2.19. The lowest BCUT2D eigenvalue weighted by Gasteiger charge is -2.14. The van der Waals surface area contributed by atoms with Gasteiger partial charge in [0.2, 0.25) is 0 Å². The molecule has 0 aliphatic carbocycles. The zero-order valence-electron chi connectivity index (χ0n) is 12.9. The number of aliphatic carboxylic acids is 1. The first-order chi connectivity index (χ1) is 11.0. The molecular formula is C17H20N4O2. The number of rotatable bonds is 7. The van der Waals surface area contributed by atoms with Crippen LogP contribution in [0.15, 0.2) is 42.5 Å². The van der Waals surface area contributed by atoms with Crippen LogP contribution in [0.5, 0.6) is 0 Å². The minimum Gasteiger partial charge on any atom is -0.480 e. The topological polar surface area (TPSA) is 111 Å². The average molecular weight is 312 g/mol. The van der Waals surface area contributed by atoms with Crippen LogP contribution < -0.4 is 16.4 Å². The van der Waals surface area contributed by atoms with E-state index in [1.54, 1.807) is 12.1 Å². The molecule has 0 unspecified atom stereocenters. The second kappa shape index (κ2) is 7.31. The number of carbonyl (C=O) groups is 1. The molecule has 0 aliphatic heterocycles. The van der Waals surface area contributed by atoms with Crippen LogP contribution in [0, 0.1) is 12.3 Å². The molecule has 6 heteroatoms. The lowest BCUT2D eigenvalue weighted by Crippen LogP contribution is -2.16. The third-order valence-electron chi connectivity index (χ3n) is 3.35. The van der Waals surface area contributed by atoms with Gasteiger partial charge < -0.3 is 21.5 Å². The number of nitrogen functional groups attached to an aromatic ring is 1. The molecule has 6 nitrogen and oxygen atoms in total. The molecule has 0 heterocycles. The molecule has 6 N–H and O–H groups in total. The Morgan fingerprint density at radius 2 is 2.00 bits per heavy atom. The summed E-state index contributed by atoms with van der Waals surface area (Å²) in [4.78, 5) is 10.8. The highest BCUT2D eigenvalue weighted by Gasteiger charge is 2.07. The summed E-state index contributed by atoms with van der Waals surface area (Å²) in [6, 6.07) is 13.3. The van der Waals surface area contributed by atoms with Crippen molar-refractivity contribution in [2.75, 3.05) is 17.2 Å². The molecule has 2 aromatic rings. The first kappa shape index (κ1) is 16.4. The van der Waals surface area contributed by atoms with Gasteiger partial charge in [-0.15, -0.1) is 0 Å². The minimum atomic E-state index is -0.948. The molecule has 0 atom stereocenters. The highest BCUT2D eigenvalue weighted by Crippen LogP contribution is 2.20. The van der Waals surface area contributed by atoms with E-state index in [1.165, 1.54) is 0 Å². The van der Waals surface area contributed by atoms with Gasteiger partial charge in [0.25, 0.3) is 0 Å². The zero-order valence-corrected chi connectivity index (χ0v) is 12.9. The van der Waals surface area contributed by atoms with Crippen molar-refractivity contribution in [2.45, 2.75) is 13.5 Å². The van der Waals surface area contributed by atoms with Crippen molar-refractivity contribution < 1.29 is 9.90 Å². The van der Waals surface area contributed by atoms with Crippen LogP contribution in [0.4, 0.5) is 11.4 Å². The van der Waals surface area contributed by atoms with Crippen LogP contribution in [-0.4, -0.2) is 23.5 Å². The third kappa shape index (κ3) is 4.74. The molecule has 0 fully saturated rings. The fraction of sp³-hybridized carbons (Fsp3) is 0.176. The van der Waals surface area contributed by atoms with Crippen molar-refractivity contribution in [3.05, 3.63) is 59.2 Å². The Morgan fingerprint density at radius 1 is 1.22 bits per heavy atom. The van der Waals surface area contributed by atoms with Crippen LogP contribution in [0.3, 0.4) is 0 Å².